The van der Waals surface area contributed by atoms with E-state index in [1.54, 1.807) is 6.20 Å². The Labute approximate surface area is 192 Å². The standard InChI is InChI=1S/C28H37N3O/c1-18(24-8-7-23-5-3-4-6-25(23)12-24)30-17-26(16-29)27(32)31-19(2)28-13-20-9-21(14-28)11-22(10-20)15-28/h7-8,12,17-22,30H,3-6,9-11,13-15H2,1-2H3,(H,31,32)/b26-17-. The topological polar surface area (TPSA) is 64.9 Å². The van der Waals surface area contributed by atoms with Gasteiger partial charge in [-0.25, -0.2) is 0 Å². The van der Waals surface area contributed by atoms with Crippen molar-refractivity contribution >= 4 is 5.91 Å². The lowest BCUT2D eigenvalue weighted by molar-refractivity contribution is -0.122. The van der Waals surface area contributed by atoms with E-state index in [1.165, 1.54) is 74.5 Å². The maximum absolute atomic E-state index is 13.0. The number of aryl methyl sites for hydroxylation is 2. The third kappa shape index (κ3) is 4.07. The van der Waals surface area contributed by atoms with Crippen molar-refractivity contribution < 1.29 is 4.79 Å². The molecule has 0 radical (unpaired) electrons. The Balaban J connectivity index is 1.22. The Morgan fingerprint density at radius 3 is 2.31 bits per heavy atom. The van der Waals surface area contributed by atoms with Crippen molar-refractivity contribution in [2.75, 3.05) is 0 Å². The fourth-order valence-corrected chi connectivity index (χ4v) is 7.61. The third-order valence-electron chi connectivity index (χ3n) is 9.07. The molecule has 170 valence electrons. The van der Waals surface area contributed by atoms with Gasteiger partial charge < -0.3 is 10.6 Å². The van der Waals surface area contributed by atoms with Crippen LogP contribution in [0.1, 0.15) is 87.9 Å². The molecule has 5 aliphatic rings. The predicted octanol–water partition coefficient (Wildman–Crippen LogP) is 5.34. The number of hydrogen-bond donors (Lipinski definition) is 2. The fourth-order valence-electron chi connectivity index (χ4n) is 7.61. The van der Waals surface area contributed by atoms with Gasteiger partial charge in [-0.2, -0.15) is 5.26 Å². The maximum atomic E-state index is 13.0. The normalized spacial score (nSPS) is 32.5. The molecule has 0 heterocycles. The summed E-state index contributed by atoms with van der Waals surface area (Å²) < 4.78 is 0. The highest BCUT2D eigenvalue weighted by Crippen LogP contribution is 2.61. The number of carbonyl (C=O) groups is 1. The number of nitriles is 1. The molecule has 2 N–H and O–H groups in total. The SMILES string of the molecule is CC(N/C=C(/C#N)C(=O)NC(C)C12CC3CC(CC(C3)C1)C2)c1ccc2c(c1)CCCC2. The number of benzene rings is 1. The molecule has 1 aromatic carbocycles. The van der Waals surface area contributed by atoms with E-state index < -0.39 is 0 Å². The van der Waals surface area contributed by atoms with Gasteiger partial charge >= 0.3 is 0 Å². The number of rotatable bonds is 6. The van der Waals surface area contributed by atoms with Gasteiger partial charge in [-0.3, -0.25) is 4.79 Å². The highest BCUT2D eigenvalue weighted by Gasteiger charge is 2.53. The van der Waals surface area contributed by atoms with Crippen LogP contribution in [-0.4, -0.2) is 11.9 Å². The second-order valence-corrected chi connectivity index (χ2v) is 11.3. The zero-order valence-corrected chi connectivity index (χ0v) is 19.6. The van der Waals surface area contributed by atoms with Crippen molar-refractivity contribution in [3.8, 4) is 6.07 Å². The number of nitrogens with one attached hydrogen (secondary N) is 2. The first-order chi connectivity index (χ1) is 15.5. The smallest absolute Gasteiger partial charge is 0.263 e. The summed E-state index contributed by atoms with van der Waals surface area (Å²) in [5.41, 5.74) is 4.55. The minimum absolute atomic E-state index is 0.0546. The highest BCUT2D eigenvalue weighted by atomic mass is 16.1. The van der Waals surface area contributed by atoms with Crippen LogP contribution in [0.3, 0.4) is 0 Å². The van der Waals surface area contributed by atoms with Gasteiger partial charge in [-0.1, -0.05) is 18.2 Å². The summed E-state index contributed by atoms with van der Waals surface area (Å²) in [5.74, 6) is 2.32. The fraction of sp³-hybridized carbons (Fsp3) is 0.643. The van der Waals surface area contributed by atoms with Crippen LogP contribution in [0, 0.1) is 34.5 Å². The Kier molecular flexibility index (Phi) is 5.78. The Bertz CT molecular complexity index is 921. The van der Waals surface area contributed by atoms with E-state index in [2.05, 4.69) is 48.7 Å². The molecule has 4 bridgehead atoms. The van der Waals surface area contributed by atoms with Crippen LogP contribution in [0.4, 0.5) is 0 Å². The van der Waals surface area contributed by atoms with Gasteiger partial charge in [-0.15, -0.1) is 0 Å². The Hall–Kier alpha value is -2.28. The summed E-state index contributed by atoms with van der Waals surface area (Å²) in [7, 11) is 0. The van der Waals surface area contributed by atoms with Crippen LogP contribution in [-0.2, 0) is 17.6 Å². The van der Waals surface area contributed by atoms with E-state index in [-0.39, 0.29) is 29.0 Å². The first-order valence-corrected chi connectivity index (χ1v) is 12.7. The number of nitrogens with zero attached hydrogens (tertiary/aromatic N) is 1. The van der Waals surface area contributed by atoms with Gasteiger partial charge in [-0.05, 0) is 118 Å². The van der Waals surface area contributed by atoms with Crippen molar-refractivity contribution in [1.82, 2.24) is 10.6 Å². The summed E-state index contributed by atoms with van der Waals surface area (Å²) in [4.78, 5) is 13.0. The van der Waals surface area contributed by atoms with Crippen molar-refractivity contribution in [3.63, 3.8) is 0 Å². The average molecular weight is 432 g/mol. The molecular formula is C28H37N3O. The van der Waals surface area contributed by atoms with E-state index >= 15 is 0 Å². The van der Waals surface area contributed by atoms with Crippen LogP contribution >= 0.6 is 0 Å². The molecule has 2 unspecified atom stereocenters. The number of hydrogen-bond acceptors (Lipinski definition) is 3. The van der Waals surface area contributed by atoms with Crippen LogP contribution in [0.15, 0.2) is 30.0 Å². The first kappa shape index (κ1) is 21.6. The maximum Gasteiger partial charge on any atom is 0.263 e. The van der Waals surface area contributed by atoms with Gasteiger partial charge in [0.25, 0.3) is 5.91 Å². The molecule has 4 fully saturated rings. The van der Waals surface area contributed by atoms with Gasteiger partial charge in [0, 0.05) is 18.3 Å². The molecule has 1 amide bonds. The van der Waals surface area contributed by atoms with E-state index in [1.807, 2.05) is 0 Å². The minimum atomic E-state index is -0.235. The summed E-state index contributed by atoms with van der Waals surface area (Å²) in [5, 5.41) is 16.2. The zero-order valence-electron chi connectivity index (χ0n) is 19.6. The van der Waals surface area contributed by atoms with Gasteiger partial charge in [0.15, 0.2) is 0 Å². The Morgan fingerprint density at radius 2 is 1.69 bits per heavy atom. The van der Waals surface area contributed by atoms with Crippen LogP contribution in [0.25, 0.3) is 0 Å². The minimum Gasteiger partial charge on any atom is -0.383 e. The molecule has 6 rings (SSSR count). The molecule has 5 aliphatic carbocycles. The van der Waals surface area contributed by atoms with Gasteiger partial charge in [0.1, 0.15) is 11.6 Å². The highest BCUT2D eigenvalue weighted by molar-refractivity contribution is 5.97. The molecule has 4 heteroatoms. The lowest BCUT2D eigenvalue weighted by Gasteiger charge is -2.59. The Morgan fingerprint density at radius 1 is 1.06 bits per heavy atom. The van der Waals surface area contributed by atoms with E-state index in [4.69, 9.17) is 0 Å². The average Bonchev–Trinajstić information content (AvgIpc) is 2.78. The molecule has 1 aromatic rings. The zero-order chi connectivity index (χ0) is 22.3. The van der Waals surface area contributed by atoms with E-state index in [0.29, 0.717) is 0 Å². The number of fused-ring (bicyclic) bond motifs is 1. The van der Waals surface area contributed by atoms with Gasteiger partial charge in [0.2, 0.25) is 0 Å². The van der Waals surface area contributed by atoms with Crippen LogP contribution in [0.2, 0.25) is 0 Å². The predicted molar refractivity (Wildman–Crippen MR) is 127 cm³/mol. The van der Waals surface area contributed by atoms with E-state index in [9.17, 15) is 10.1 Å². The third-order valence-corrected chi connectivity index (χ3v) is 9.07. The monoisotopic (exact) mass is 431 g/mol. The molecule has 4 nitrogen and oxygen atoms in total. The second kappa shape index (κ2) is 8.58. The van der Waals surface area contributed by atoms with Crippen LogP contribution in [0.5, 0.6) is 0 Å². The molecule has 4 saturated carbocycles. The summed E-state index contributed by atoms with van der Waals surface area (Å²) in [6.07, 6.45) is 14.4. The molecule has 0 saturated heterocycles. The van der Waals surface area contributed by atoms with Crippen LogP contribution < -0.4 is 10.6 Å². The van der Waals surface area contributed by atoms with Crippen molar-refractivity contribution in [3.05, 3.63) is 46.7 Å². The summed E-state index contributed by atoms with van der Waals surface area (Å²) in [6, 6.07) is 9.02. The molecule has 0 spiro atoms. The quantitative estimate of drug-likeness (QED) is 0.472. The molecular weight excluding hydrogens is 394 g/mol. The number of amides is 1. The summed E-state index contributed by atoms with van der Waals surface area (Å²) in [6.45, 7) is 4.26. The van der Waals surface area contributed by atoms with Crippen molar-refractivity contribution in [2.24, 2.45) is 23.2 Å². The van der Waals surface area contributed by atoms with Crippen molar-refractivity contribution in [1.29, 1.82) is 5.26 Å². The van der Waals surface area contributed by atoms with E-state index in [0.717, 1.165) is 24.2 Å². The largest absolute Gasteiger partial charge is 0.383 e. The van der Waals surface area contributed by atoms with Crippen molar-refractivity contribution in [2.45, 2.75) is 90.1 Å². The lowest BCUT2D eigenvalue weighted by Crippen LogP contribution is -2.56. The first-order valence-electron chi connectivity index (χ1n) is 12.7. The lowest BCUT2D eigenvalue weighted by atomic mass is 9.48. The molecule has 0 aromatic heterocycles. The second-order valence-electron chi connectivity index (χ2n) is 11.3. The summed E-state index contributed by atoms with van der Waals surface area (Å²) >= 11 is 0. The molecule has 0 aliphatic heterocycles. The van der Waals surface area contributed by atoms with Gasteiger partial charge in [0.05, 0.1) is 0 Å². The number of carbonyl (C=O) groups excluding carboxylic acids is 1. The molecule has 32 heavy (non-hydrogen) atoms. The molecule has 2 atom stereocenters.